The van der Waals surface area contributed by atoms with Crippen molar-refractivity contribution in [2.45, 2.75) is 13.0 Å². The molecule has 0 aliphatic carbocycles. The van der Waals surface area contributed by atoms with Gasteiger partial charge in [0.1, 0.15) is 5.56 Å². The van der Waals surface area contributed by atoms with Crippen LogP contribution in [-0.2, 0) is 11.3 Å². The molecule has 0 bridgehead atoms. The number of aliphatic carboxylic acids is 1. The number of fused-ring (bicyclic) bond motifs is 1. The van der Waals surface area contributed by atoms with E-state index in [0.29, 0.717) is 17.4 Å². The lowest BCUT2D eigenvalue weighted by Crippen LogP contribution is -2.31. The third-order valence-electron chi connectivity index (χ3n) is 4.11. The number of carbonyl (C=O) groups is 2. The van der Waals surface area contributed by atoms with Crippen LogP contribution in [0.15, 0.2) is 64.0 Å². The zero-order valence-electron chi connectivity index (χ0n) is 14.3. The first-order valence-electron chi connectivity index (χ1n) is 8.32. The van der Waals surface area contributed by atoms with Crippen LogP contribution >= 0.6 is 15.9 Å². The van der Waals surface area contributed by atoms with Crippen molar-refractivity contribution in [1.82, 2.24) is 9.88 Å². The van der Waals surface area contributed by atoms with Crippen LogP contribution in [0.4, 0.5) is 0 Å². The van der Waals surface area contributed by atoms with E-state index in [-0.39, 0.29) is 24.0 Å². The topological polar surface area (TPSA) is 88.4 Å². The molecule has 0 saturated carbocycles. The molecule has 0 spiro atoms. The SMILES string of the molecule is O=C(O)CCNC(=O)c1cn(Cc2ccccc2)c2ccc(Br)cc2c1=O. The van der Waals surface area contributed by atoms with E-state index >= 15 is 0 Å². The molecular formula is C20H17BrN2O4. The summed E-state index contributed by atoms with van der Waals surface area (Å²) in [5.74, 6) is -1.59. The van der Waals surface area contributed by atoms with Crippen molar-refractivity contribution in [2.24, 2.45) is 0 Å². The van der Waals surface area contributed by atoms with Crippen LogP contribution in [0.5, 0.6) is 0 Å². The smallest absolute Gasteiger partial charge is 0.305 e. The van der Waals surface area contributed by atoms with Crippen molar-refractivity contribution in [3.8, 4) is 0 Å². The van der Waals surface area contributed by atoms with E-state index in [1.54, 1.807) is 6.07 Å². The van der Waals surface area contributed by atoms with Gasteiger partial charge in [-0.3, -0.25) is 14.4 Å². The van der Waals surface area contributed by atoms with Crippen molar-refractivity contribution in [2.75, 3.05) is 6.54 Å². The summed E-state index contributed by atoms with van der Waals surface area (Å²) in [6, 6.07) is 15.1. The van der Waals surface area contributed by atoms with Gasteiger partial charge in [-0.25, -0.2) is 0 Å². The van der Waals surface area contributed by atoms with Gasteiger partial charge in [0.05, 0.1) is 11.9 Å². The highest BCUT2D eigenvalue weighted by atomic mass is 79.9. The number of carboxylic acids is 1. The summed E-state index contributed by atoms with van der Waals surface area (Å²) in [7, 11) is 0. The quantitative estimate of drug-likeness (QED) is 0.631. The minimum atomic E-state index is -1.01. The van der Waals surface area contributed by atoms with Gasteiger partial charge in [0.2, 0.25) is 5.43 Å². The molecule has 0 radical (unpaired) electrons. The highest BCUT2D eigenvalue weighted by Crippen LogP contribution is 2.19. The molecule has 0 aliphatic heterocycles. The van der Waals surface area contributed by atoms with Gasteiger partial charge in [-0.05, 0) is 23.8 Å². The number of aromatic nitrogens is 1. The fraction of sp³-hybridized carbons (Fsp3) is 0.150. The molecule has 27 heavy (non-hydrogen) atoms. The minimum Gasteiger partial charge on any atom is -0.481 e. The van der Waals surface area contributed by atoms with Crippen molar-refractivity contribution < 1.29 is 14.7 Å². The van der Waals surface area contributed by atoms with Gasteiger partial charge in [0.15, 0.2) is 0 Å². The number of carbonyl (C=O) groups excluding carboxylic acids is 1. The third kappa shape index (κ3) is 4.43. The predicted molar refractivity (Wildman–Crippen MR) is 106 cm³/mol. The third-order valence-corrected chi connectivity index (χ3v) is 4.60. The number of rotatable bonds is 6. The van der Waals surface area contributed by atoms with Crippen molar-refractivity contribution >= 4 is 38.7 Å². The van der Waals surface area contributed by atoms with Crippen LogP contribution in [0.1, 0.15) is 22.3 Å². The van der Waals surface area contributed by atoms with E-state index in [1.165, 1.54) is 6.20 Å². The Morgan fingerprint density at radius 2 is 1.85 bits per heavy atom. The van der Waals surface area contributed by atoms with E-state index in [9.17, 15) is 14.4 Å². The molecule has 0 atom stereocenters. The maximum atomic E-state index is 12.8. The Morgan fingerprint density at radius 1 is 1.11 bits per heavy atom. The van der Waals surface area contributed by atoms with Crippen molar-refractivity contribution in [3.05, 3.63) is 80.6 Å². The average molecular weight is 429 g/mol. The molecular weight excluding hydrogens is 412 g/mol. The number of nitrogens with zero attached hydrogens (tertiary/aromatic N) is 1. The van der Waals surface area contributed by atoms with E-state index in [4.69, 9.17) is 5.11 Å². The fourth-order valence-electron chi connectivity index (χ4n) is 2.82. The first-order valence-corrected chi connectivity index (χ1v) is 9.11. The minimum absolute atomic E-state index is 0.0121. The Morgan fingerprint density at radius 3 is 2.56 bits per heavy atom. The maximum absolute atomic E-state index is 12.8. The van der Waals surface area contributed by atoms with Gasteiger partial charge in [0, 0.05) is 29.1 Å². The Bertz CT molecular complexity index is 1060. The van der Waals surface area contributed by atoms with E-state index < -0.39 is 11.9 Å². The van der Waals surface area contributed by atoms with Crippen LogP contribution in [0, 0.1) is 0 Å². The fourth-order valence-corrected chi connectivity index (χ4v) is 3.18. The summed E-state index contributed by atoms with van der Waals surface area (Å²) in [6.07, 6.45) is 1.32. The molecule has 3 aromatic rings. The van der Waals surface area contributed by atoms with Gasteiger partial charge in [-0.2, -0.15) is 0 Å². The normalized spacial score (nSPS) is 10.7. The summed E-state index contributed by atoms with van der Waals surface area (Å²) < 4.78 is 2.59. The zero-order valence-corrected chi connectivity index (χ0v) is 15.9. The molecule has 0 saturated heterocycles. The van der Waals surface area contributed by atoms with Gasteiger partial charge in [-0.1, -0.05) is 46.3 Å². The number of hydrogen-bond acceptors (Lipinski definition) is 3. The van der Waals surface area contributed by atoms with Crippen LogP contribution in [0.2, 0.25) is 0 Å². The number of nitrogens with one attached hydrogen (secondary N) is 1. The number of pyridine rings is 1. The Labute approximate surface area is 163 Å². The number of benzene rings is 2. The lowest BCUT2D eigenvalue weighted by atomic mass is 10.1. The Balaban J connectivity index is 2.05. The number of amides is 1. The Hall–Kier alpha value is -2.93. The lowest BCUT2D eigenvalue weighted by molar-refractivity contribution is -0.136. The largest absolute Gasteiger partial charge is 0.481 e. The maximum Gasteiger partial charge on any atom is 0.305 e. The first-order chi connectivity index (χ1) is 13.0. The number of carboxylic acid groups (broad SMARTS) is 1. The highest BCUT2D eigenvalue weighted by molar-refractivity contribution is 9.10. The van der Waals surface area contributed by atoms with Gasteiger partial charge < -0.3 is 15.0 Å². The van der Waals surface area contributed by atoms with Crippen LogP contribution < -0.4 is 10.7 Å². The van der Waals surface area contributed by atoms with Crippen molar-refractivity contribution in [3.63, 3.8) is 0 Å². The molecule has 2 N–H and O–H groups in total. The van der Waals surface area contributed by atoms with Crippen LogP contribution in [0.3, 0.4) is 0 Å². The molecule has 0 aliphatic rings. The lowest BCUT2D eigenvalue weighted by Gasteiger charge is -2.14. The molecule has 1 aromatic heterocycles. The monoisotopic (exact) mass is 428 g/mol. The first kappa shape index (κ1) is 18.8. The molecule has 0 unspecified atom stereocenters. The van der Waals surface area contributed by atoms with Crippen LogP contribution in [0.25, 0.3) is 10.9 Å². The van der Waals surface area contributed by atoms with E-state index in [2.05, 4.69) is 21.2 Å². The number of halogens is 1. The molecule has 3 rings (SSSR count). The van der Waals surface area contributed by atoms with Gasteiger partial charge in [-0.15, -0.1) is 0 Å². The average Bonchev–Trinajstić information content (AvgIpc) is 2.64. The van der Waals surface area contributed by atoms with Gasteiger partial charge >= 0.3 is 5.97 Å². The predicted octanol–water partition coefficient (Wildman–Crippen LogP) is 3.02. The molecule has 7 heteroatoms. The van der Waals surface area contributed by atoms with E-state index in [0.717, 1.165) is 10.0 Å². The summed E-state index contributed by atoms with van der Waals surface area (Å²) in [6.45, 7) is 0.456. The van der Waals surface area contributed by atoms with Gasteiger partial charge in [0.25, 0.3) is 5.91 Å². The second-order valence-electron chi connectivity index (χ2n) is 6.05. The molecule has 2 aromatic carbocycles. The van der Waals surface area contributed by atoms with Crippen LogP contribution in [-0.4, -0.2) is 28.1 Å². The van der Waals surface area contributed by atoms with Crippen molar-refractivity contribution in [1.29, 1.82) is 0 Å². The molecule has 1 heterocycles. The summed E-state index contributed by atoms with van der Waals surface area (Å²) >= 11 is 3.36. The summed E-state index contributed by atoms with van der Waals surface area (Å²) in [4.78, 5) is 35.9. The second kappa shape index (κ2) is 8.18. The Kier molecular flexibility index (Phi) is 5.71. The summed E-state index contributed by atoms with van der Waals surface area (Å²) in [5.41, 5.74) is 1.35. The second-order valence-corrected chi connectivity index (χ2v) is 6.96. The summed E-state index contributed by atoms with van der Waals surface area (Å²) in [5, 5.41) is 11.6. The highest BCUT2D eigenvalue weighted by Gasteiger charge is 2.16. The molecule has 1 amide bonds. The number of hydrogen-bond donors (Lipinski definition) is 2. The van der Waals surface area contributed by atoms with E-state index in [1.807, 2.05) is 47.0 Å². The molecule has 6 nitrogen and oxygen atoms in total. The molecule has 138 valence electrons. The zero-order chi connectivity index (χ0) is 19.4. The molecule has 0 fully saturated rings. The standard InChI is InChI=1S/C20H17BrN2O4/c21-14-6-7-17-15(10-14)19(26)16(20(27)22-9-8-18(24)25)12-23(17)11-13-4-2-1-3-5-13/h1-7,10,12H,8-9,11H2,(H,22,27)(H,24,25).